The van der Waals surface area contributed by atoms with Crippen molar-refractivity contribution in [1.29, 1.82) is 0 Å². The van der Waals surface area contributed by atoms with Crippen molar-refractivity contribution in [2.24, 2.45) is 0 Å². The van der Waals surface area contributed by atoms with Gasteiger partial charge in [-0.1, -0.05) is 6.07 Å². The number of nitrogens with one attached hydrogen (secondary N) is 1. The number of carbonyl (C=O) groups excluding carboxylic acids is 1. The third kappa shape index (κ3) is 3.94. The predicted molar refractivity (Wildman–Crippen MR) is 104 cm³/mol. The molecule has 0 fully saturated rings. The van der Waals surface area contributed by atoms with Crippen LogP contribution in [0.5, 0.6) is 5.75 Å². The Morgan fingerprint density at radius 2 is 1.71 bits per heavy atom. The molecule has 0 spiro atoms. The van der Waals surface area contributed by atoms with Crippen molar-refractivity contribution < 1.29 is 21.8 Å². The number of fused-ring (bicyclic) bond motifs is 1. The number of aryl methyl sites for hydroxylation is 2. The SMILES string of the molecule is O=C(Nc1ccc(OS(=O)(=O)c2ccc3c(c2)CCCC3)cc1)c1ccco1. The van der Waals surface area contributed by atoms with Crippen LogP contribution >= 0.6 is 0 Å². The average Bonchev–Trinajstić information content (AvgIpc) is 3.24. The van der Waals surface area contributed by atoms with Crippen molar-refractivity contribution >= 4 is 21.7 Å². The van der Waals surface area contributed by atoms with Crippen molar-refractivity contribution in [3.8, 4) is 5.75 Å². The van der Waals surface area contributed by atoms with E-state index in [4.69, 9.17) is 8.60 Å². The van der Waals surface area contributed by atoms with E-state index in [0.29, 0.717) is 5.69 Å². The molecule has 7 heteroatoms. The quantitative estimate of drug-likeness (QED) is 0.653. The Balaban J connectivity index is 1.47. The second-order valence-corrected chi connectivity index (χ2v) is 8.18. The number of carbonyl (C=O) groups is 1. The predicted octanol–water partition coefficient (Wildman–Crippen LogP) is 4.18. The molecule has 1 N–H and O–H groups in total. The summed E-state index contributed by atoms with van der Waals surface area (Å²) in [5.74, 6) is -0.0237. The van der Waals surface area contributed by atoms with Crippen LogP contribution in [0.3, 0.4) is 0 Å². The van der Waals surface area contributed by atoms with Crippen molar-refractivity contribution in [3.63, 3.8) is 0 Å². The fourth-order valence-corrected chi connectivity index (χ4v) is 4.22. The van der Waals surface area contributed by atoms with E-state index >= 15 is 0 Å². The van der Waals surface area contributed by atoms with Crippen LogP contribution in [0.4, 0.5) is 5.69 Å². The minimum atomic E-state index is -3.92. The zero-order valence-corrected chi connectivity index (χ0v) is 15.9. The Morgan fingerprint density at radius 3 is 2.43 bits per heavy atom. The molecular weight excluding hydrogens is 378 g/mol. The molecule has 0 unspecified atom stereocenters. The summed E-state index contributed by atoms with van der Waals surface area (Å²) in [7, 11) is -3.92. The molecule has 144 valence electrons. The first-order valence-electron chi connectivity index (χ1n) is 9.02. The largest absolute Gasteiger partial charge is 0.459 e. The zero-order valence-electron chi connectivity index (χ0n) is 15.1. The van der Waals surface area contributed by atoms with Gasteiger partial charge in [0.05, 0.1) is 6.26 Å². The van der Waals surface area contributed by atoms with Gasteiger partial charge < -0.3 is 13.9 Å². The topological polar surface area (TPSA) is 85.6 Å². The highest BCUT2D eigenvalue weighted by Gasteiger charge is 2.20. The highest BCUT2D eigenvalue weighted by Crippen LogP contribution is 2.26. The second kappa shape index (κ2) is 7.52. The van der Waals surface area contributed by atoms with Crippen LogP contribution in [-0.2, 0) is 23.0 Å². The van der Waals surface area contributed by atoms with Gasteiger partial charge in [0.2, 0.25) is 0 Å². The van der Waals surface area contributed by atoms with Crippen molar-refractivity contribution in [3.05, 3.63) is 77.7 Å². The first-order valence-corrected chi connectivity index (χ1v) is 10.4. The number of hydrogen-bond acceptors (Lipinski definition) is 5. The number of amides is 1. The summed E-state index contributed by atoms with van der Waals surface area (Å²) in [6, 6.07) is 14.5. The maximum Gasteiger partial charge on any atom is 0.339 e. The van der Waals surface area contributed by atoms with Crippen LogP contribution < -0.4 is 9.50 Å². The summed E-state index contributed by atoms with van der Waals surface area (Å²) in [5, 5.41) is 2.66. The van der Waals surface area contributed by atoms with E-state index in [9.17, 15) is 13.2 Å². The van der Waals surface area contributed by atoms with E-state index in [-0.39, 0.29) is 22.3 Å². The highest BCUT2D eigenvalue weighted by atomic mass is 32.2. The Kier molecular flexibility index (Phi) is 4.92. The first kappa shape index (κ1) is 18.3. The van der Waals surface area contributed by atoms with Gasteiger partial charge in [-0.2, -0.15) is 8.42 Å². The molecular formula is C21H19NO5S. The van der Waals surface area contributed by atoms with E-state index in [1.165, 1.54) is 24.0 Å². The fraction of sp³-hybridized carbons (Fsp3) is 0.190. The van der Waals surface area contributed by atoms with E-state index in [0.717, 1.165) is 31.2 Å². The van der Waals surface area contributed by atoms with Gasteiger partial charge in [-0.15, -0.1) is 0 Å². The van der Waals surface area contributed by atoms with Crippen molar-refractivity contribution in [2.45, 2.75) is 30.6 Å². The van der Waals surface area contributed by atoms with E-state index in [2.05, 4.69) is 5.32 Å². The van der Waals surface area contributed by atoms with Crippen LogP contribution in [0.25, 0.3) is 0 Å². The number of benzene rings is 2. The first-order chi connectivity index (χ1) is 13.5. The molecule has 4 rings (SSSR count). The van der Waals surface area contributed by atoms with E-state index < -0.39 is 10.1 Å². The molecule has 6 nitrogen and oxygen atoms in total. The Labute approximate surface area is 163 Å². The molecule has 28 heavy (non-hydrogen) atoms. The molecule has 1 aromatic heterocycles. The number of anilines is 1. The number of hydrogen-bond donors (Lipinski definition) is 1. The summed E-state index contributed by atoms with van der Waals surface area (Å²) in [5.41, 5.74) is 2.79. The van der Waals surface area contributed by atoms with Crippen LogP contribution in [0.2, 0.25) is 0 Å². The Hall–Kier alpha value is -3.06. The minimum Gasteiger partial charge on any atom is -0.459 e. The van der Waals surface area contributed by atoms with Crippen LogP contribution in [-0.4, -0.2) is 14.3 Å². The number of rotatable bonds is 5. The fourth-order valence-electron chi connectivity index (χ4n) is 3.23. The molecule has 1 heterocycles. The van der Waals surface area contributed by atoms with Crippen molar-refractivity contribution in [2.75, 3.05) is 5.32 Å². The smallest absolute Gasteiger partial charge is 0.339 e. The molecule has 0 radical (unpaired) electrons. The summed E-state index contributed by atoms with van der Waals surface area (Å²) < 4.78 is 35.5. The van der Waals surface area contributed by atoms with Gasteiger partial charge in [-0.25, -0.2) is 0 Å². The molecule has 1 aliphatic rings. The lowest BCUT2D eigenvalue weighted by Gasteiger charge is -2.16. The molecule has 1 amide bonds. The van der Waals surface area contributed by atoms with Crippen LogP contribution in [0.1, 0.15) is 34.5 Å². The lowest BCUT2D eigenvalue weighted by molar-refractivity contribution is 0.0996. The molecule has 0 atom stereocenters. The van der Waals surface area contributed by atoms with Gasteiger partial charge in [-0.05, 0) is 85.3 Å². The summed E-state index contributed by atoms with van der Waals surface area (Å²) in [6.45, 7) is 0. The molecule has 0 saturated heterocycles. The normalized spacial score (nSPS) is 13.6. The van der Waals surface area contributed by atoms with Crippen LogP contribution in [0, 0.1) is 0 Å². The van der Waals surface area contributed by atoms with Gasteiger partial charge >= 0.3 is 10.1 Å². The van der Waals surface area contributed by atoms with Crippen LogP contribution in [0.15, 0.2) is 70.2 Å². The van der Waals surface area contributed by atoms with Gasteiger partial charge in [-0.3, -0.25) is 4.79 Å². The molecule has 0 saturated carbocycles. The van der Waals surface area contributed by atoms with Gasteiger partial charge in [0, 0.05) is 5.69 Å². The molecule has 0 bridgehead atoms. The standard InChI is InChI=1S/C21H19NO5S/c23-21(20-6-3-13-26-20)22-17-8-10-18(11-9-17)27-28(24,25)19-12-7-15-4-1-2-5-16(15)14-19/h3,6-14H,1-2,4-5H2,(H,22,23). The lowest BCUT2D eigenvalue weighted by atomic mass is 9.92. The lowest BCUT2D eigenvalue weighted by Crippen LogP contribution is -2.12. The highest BCUT2D eigenvalue weighted by molar-refractivity contribution is 7.87. The minimum absolute atomic E-state index is 0.156. The van der Waals surface area contributed by atoms with Crippen molar-refractivity contribution in [1.82, 2.24) is 0 Å². The van der Waals surface area contributed by atoms with Gasteiger partial charge in [0.1, 0.15) is 10.6 Å². The maximum atomic E-state index is 12.6. The average molecular weight is 397 g/mol. The second-order valence-electron chi connectivity index (χ2n) is 6.63. The molecule has 2 aromatic carbocycles. The molecule has 0 aliphatic heterocycles. The molecule has 3 aromatic rings. The summed E-state index contributed by atoms with van der Waals surface area (Å²) in [6.07, 6.45) is 5.50. The van der Waals surface area contributed by atoms with Gasteiger partial charge in [0.25, 0.3) is 5.91 Å². The monoisotopic (exact) mass is 397 g/mol. The number of furan rings is 1. The summed E-state index contributed by atoms with van der Waals surface area (Å²) in [4.78, 5) is 12.1. The Morgan fingerprint density at radius 1 is 0.964 bits per heavy atom. The third-order valence-electron chi connectivity index (χ3n) is 4.67. The van der Waals surface area contributed by atoms with E-state index in [1.807, 2.05) is 6.07 Å². The van der Waals surface area contributed by atoms with Gasteiger partial charge in [0.15, 0.2) is 5.76 Å². The maximum absolute atomic E-state index is 12.6. The zero-order chi connectivity index (χ0) is 19.6. The third-order valence-corrected chi connectivity index (χ3v) is 5.91. The summed E-state index contributed by atoms with van der Waals surface area (Å²) >= 11 is 0. The van der Waals surface area contributed by atoms with E-state index in [1.54, 1.807) is 36.4 Å². The molecule has 1 aliphatic carbocycles. The Bertz CT molecular complexity index is 1090.